The molecule has 0 aliphatic heterocycles. The van der Waals surface area contributed by atoms with Gasteiger partial charge in [0.15, 0.2) is 0 Å². The van der Waals surface area contributed by atoms with Crippen LogP contribution < -0.4 is 14.4 Å². The Morgan fingerprint density at radius 2 is 1.80 bits per heavy atom. The lowest BCUT2D eigenvalue weighted by Gasteiger charge is -2.29. The van der Waals surface area contributed by atoms with Crippen molar-refractivity contribution in [3.63, 3.8) is 0 Å². The Labute approximate surface area is 172 Å². The number of non-ortho nitro benzene ring substituents is 1. The first-order valence-corrected chi connectivity index (χ1v) is 9.90. The number of benzene rings is 2. The van der Waals surface area contributed by atoms with Gasteiger partial charge in [-0.3, -0.25) is 14.9 Å². The van der Waals surface area contributed by atoms with Crippen molar-refractivity contribution in [2.24, 2.45) is 0 Å². The molecule has 1 unspecified atom stereocenters. The van der Waals surface area contributed by atoms with Crippen LogP contribution in [0.1, 0.15) is 13.8 Å². The predicted octanol–water partition coefficient (Wildman–Crippen LogP) is 2.23. The minimum absolute atomic E-state index is 0.0628. The first-order valence-electron chi connectivity index (χ1n) is 8.46. The average Bonchev–Trinajstić information content (AvgIpc) is 2.67. The number of nitro benzene ring substituents is 1. The third kappa shape index (κ3) is 4.66. The molecule has 2 rings (SSSR count). The summed E-state index contributed by atoms with van der Waals surface area (Å²) in [5, 5.41) is 23.1. The zero-order valence-electron chi connectivity index (χ0n) is 16.2. The Hall–Kier alpha value is -3.67. The SMILES string of the molecule is COc1ccc([N+](=O)[O-])cc1N(C(C)C(=O)O)S(=O)(=O)c1ccc(NC(C)=O)cc1. The Kier molecular flexibility index (Phi) is 6.62. The lowest BCUT2D eigenvalue weighted by atomic mass is 10.2. The van der Waals surface area contributed by atoms with Crippen LogP contribution in [0, 0.1) is 10.1 Å². The molecule has 0 aliphatic rings. The minimum Gasteiger partial charge on any atom is -0.495 e. The first kappa shape index (κ1) is 22.6. The highest BCUT2D eigenvalue weighted by Gasteiger charge is 2.36. The zero-order chi connectivity index (χ0) is 22.6. The number of anilines is 2. The Morgan fingerprint density at radius 3 is 2.27 bits per heavy atom. The highest BCUT2D eigenvalue weighted by molar-refractivity contribution is 7.93. The number of carboxylic acid groups (broad SMARTS) is 1. The van der Waals surface area contributed by atoms with Gasteiger partial charge >= 0.3 is 5.97 Å². The topological polar surface area (TPSA) is 156 Å². The number of aliphatic carboxylic acids is 1. The summed E-state index contributed by atoms with van der Waals surface area (Å²) in [5.74, 6) is -1.89. The van der Waals surface area contributed by atoms with E-state index >= 15 is 0 Å². The van der Waals surface area contributed by atoms with Crippen LogP contribution in [0.2, 0.25) is 0 Å². The van der Waals surface area contributed by atoms with Gasteiger partial charge in [-0.1, -0.05) is 0 Å². The van der Waals surface area contributed by atoms with Crippen LogP contribution in [0.15, 0.2) is 47.4 Å². The van der Waals surface area contributed by atoms with Gasteiger partial charge in [0.25, 0.3) is 15.7 Å². The number of ether oxygens (including phenoxy) is 1. The summed E-state index contributed by atoms with van der Waals surface area (Å²) >= 11 is 0. The number of methoxy groups -OCH3 is 1. The number of nitro groups is 1. The van der Waals surface area contributed by atoms with Gasteiger partial charge in [0, 0.05) is 24.7 Å². The van der Waals surface area contributed by atoms with Gasteiger partial charge in [-0.15, -0.1) is 0 Å². The molecule has 0 aromatic heterocycles. The summed E-state index contributed by atoms with van der Waals surface area (Å²) in [6, 6.07) is 6.66. The highest BCUT2D eigenvalue weighted by Crippen LogP contribution is 2.37. The predicted molar refractivity (Wildman–Crippen MR) is 107 cm³/mol. The molecule has 1 amide bonds. The third-order valence-electron chi connectivity index (χ3n) is 4.05. The molecular formula is C18H19N3O8S. The van der Waals surface area contributed by atoms with Crippen molar-refractivity contribution >= 4 is 39.0 Å². The molecule has 0 spiro atoms. The lowest BCUT2D eigenvalue weighted by Crippen LogP contribution is -2.43. The second-order valence-corrected chi connectivity index (χ2v) is 7.95. The molecule has 1 atom stereocenters. The van der Waals surface area contributed by atoms with E-state index in [-0.39, 0.29) is 22.2 Å². The average molecular weight is 437 g/mol. The molecule has 2 N–H and O–H groups in total. The lowest BCUT2D eigenvalue weighted by molar-refractivity contribution is -0.384. The second kappa shape index (κ2) is 8.78. The van der Waals surface area contributed by atoms with Gasteiger partial charge in [-0.2, -0.15) is 0 Å². The van der Waals surface area contributed by atoms with E-state index < -0.39 is 32.6 Å². The van der Waals surface area contributed by atoms with Crippen LogP contribution in [0.25, 0.3) is 0 Å². The number of carbonyl (C=O) groups excluding carboxylic acids is 1. The van der Waals surface area contributed by atoms with Crippen LogP contribution >= 0.6 is 0 Å². The largest absolute Gasteiger partial charge is 0.495 e. The fraction of sp³-hybridized carbons (Fsp3) is 0.222. The van der Waals surface area contributed by atoms with Crippen molar-refractivity contribution in [2.45, 2.75) is 24.8 Å². The number of sulfonamides is 1. The molecule has 2 aromatic carbocycles. The second-order valence-electron chi connectivity index (χ2n) is 6.13. The summed E-state index contributed by atoms with van der Waals surface area (Å²) in [6.07, 6.45) is 0. The summed E-state index contributed by atoms with van der Waals surface area (Å²) in [4.78, 5) is 33.0. The number of amides is 1. The molecule has 0 aliphatic carbocycles. The van der Waals surface area contributed by atoms with Crippen molar-refractivity contribution in [1.82, 2.24) is 0 Å². The molecule has 0 fully saturated rings. The molecule has 0 saturated carbocycles. The number of rotatable bonds is 8. The van der Waals surface area contributed by atoms with E-state index in [1.54, 1.807) is 0 Å². The van der Waals surface area contributed by atoms with Crippen LogP contribution in [0.4, 0.5) is 17.1 Å². The third-order valence-corrected chi connectivity index (χ3v) is 5.95. The Balaban J connectivity index is 2.68. The number of nitrogens with one attached hydrogen (secondary N) is 1. The number of carboxylic acids is 1. The van der Waals surface area contributed by atoms with Gasteiger partial charge in [-0.25, -0.2) is 17.5 Å². The van der Waals surface area contributed by atoms with Gasteiger partial charge in [0.1, 0.15) is 17.5 Å². The van der Waals surface area contributed by atoms with Crippen LogP contribution in [0.3, 0.4) is 0 Å². The maximum atomic E-state index is 13.3. The van der Waals surface area contributed by atoms with Crippen molar-refractivity contribution in [3.05, 3.63) is 52.6 Å². The summed E-state index contributed by atoms with van der Waals surface area (Å²) in [6.45, 7) is 2.42. The van der Waals surface area contributed by atoms with E-state index in [9.17, 15) is 33.2 Å². The number of hydrogen-bond acceptors (Lipinski definition) is 7. The summed E-state index contributed by atoms with van der Waals surface area (Å²) in [7, 11) is -3.26. The van der Waals surface area contributed by atoms with E-state index in [0.717, 1.165) is 19.1 Å². The van der Waals surface area contributed by atoms with E-state index in [0.29, 0.717) is 9.99 Å². The molecule has 11 nitrogen and oxygen atoms in total. The molecule has 160 valence electrons. The van der Waals surface area contributed by atoms with Crippen molar-refractivity contribution in [2.75, 3.05) is 16.7 Å². The summed E-state index contributed by atoms with van der Waals surface area (Å²) < 4.78 is 32.3. The van der Waals surface area contributed by atoms with Crippen molar-refractivity contribution in [1.29, 1.82) is 0 Å². The quantitative estimate of drug-likeness (QED) is 0.470. The molecule has 2 aromatic rings. The smallest absolute Gasteiger partial charge is 0.327 e. The molecule has 0 saturated heterocycles. The normalized spacial score (nSPS) is 12.0. The molecule has 0 radical (unpaired) electrons. The molecule has 30 heavy (non-hydrogen) atoms. The van der Waals surface area contributed by atoms with E-state index in [1.807, 2.05) is 0 Å². The van der Waals surface area contributed by atoms with Crippen LogP contribution in [-0.4, -0.2) is 43.5 Å². The Bertz CT molecular complexity index is 1080. The van der Waals surface area contributed by atoms with Gasteiger partial charge in [0.2, 0.25) is 5.91 Å². The van der Waals surface area contributed by atoms with Crippen LogP contribution in [-0.2, 0) is 19.6 Å². The van der Waals surface area contributed by atoms with Gasteiger partial charge < -0.3 is 15.2 Å². The maximum Gasteiger partial charge on any atom is 0.327 e. The summed E-state index contributed by atoms with van der Waals surface area (Å²) in [5.41, 5.74) is -0.399. The number of carbonyl (C=O) groups is 2. The molecule has 0 heterocycles. The first-order chi connectivity index (χ1) is 14.0. The minimum atomic E-state index is -4.48. The zero-order valence-corrected chi connectivity index (χ0v) is 17.0. The van der Waals surface area contributed by atoms with Crippen molar-refractivity contribution < 1.29 is 32.8 Å². The molecule has 0 bridgehead atoms. The monoisotopic (exact) mass is 437 g/mol. The van der Waals surface area contributed by atoms with E-state index in [1.165, 1.54) is 44.4 Å². The fourth-order valence-electron chi connectivity index (χ4n) is 2.64. The van der Waals surface area contributed by atoms with Gasteiger partial charge in [0.05, 0.1) is 16.9 Å². The van der Waals surface area contributed by atoms with E-state index in [2.05, 4.69) is 5.32 Å². The van der Waals surface area contributed by atoms with Crippen molar-refractivity contribution in [3.8, 4) is 5.75 Å². The van der Waals surface area contributed by atoms with Gasteiger partial charge in [-0.05, 0) is 37.3 Å². The van der Waals surface area contributed by atoms with Crippen LogP contribution in [0.5, 0.6) is 5.75 Å². The number of hydrogen-bond donors (Lipinski definition) is 2. The highest BCUT2D eigenvalue weighted by atomic mass is 32.2. The maximum absolute atomic E-state index is 13.3. The standard InChI is InChI=1S/C18H19N3O8S/c1-11(18(23)24)20(16-10-14(21(25)26)6-9-17(16)29-3)30(27,28)15-7-4-13(5-8-15)19-12(2)22/h4-11H,1-3H3,(H,19,22)(H,23,24). The molecule has 12 heteroatoms. The molecular weight excluding hydrogens is 418 g/mol. The Morgan fingerprint density at radius 1 is 1.20 bits per heavy atom. The fourth-order valence-corrected chi connectivity index (χ4v) is 4.25. The number of nitrogens with zero attached hydrogens (tertiary/aromatic N) is 2. The van der Waals surface area contributed by atoms with E-state index in [4.69, 9.17) is 4.74 Å².